The highest BCUT2D eigenvalue weighted by Gasteiger charge is 2.34. The van der Waals surface area contributed by atoms with E-state index in [4.69, 9.17) is 6.42 Å². The predicted octanol–water partition coefficient (Wildman–Crippen LogP) is 0.376. The van der Waals surface area contributed by atoms with Crippen molar-refractivity contribution in [1.29, 1.82) is 0 Å². The number of terminal acetylenes is 1. The van der Waals surface area contributed by atoms with E-state index >= 15 is 0 Å². The Morgan fingerprint density at radius 2 is 2.27 bits per heavy atom. The second-order valence-electron chi connectivity index (χ2n) is 2.98. The average molecular weight is 174 g/mol. The lowest BCUT2D eigenvalue weighted by Gasteiger charge is -2.27. The summed E-state index contributed by atoms with van der Waals surface area (Å²) in [5.41, 5.74) is -0.531. The van der Waals surface area contributed by atoms with Gasteiger partial charge in [0, 0.05) is 5.41 Å². The molecular weight excluding hydrogens is 164 g/mol. The van der Waals surface area contributed by atoms with E-state index in [1.165, 1.54) is 0 Å². The van der Waals surface area contributed by atoms with Crippen molar-refractivity contribution in [3.05, 3.63) is 0 Å². The Labute approximate surface area is 66.9 Å². The zero-order chi connectivity index (χ0) is 8.54. The highest BCUT2D eigenvalue weighted by atomic mass is 32.2. The molecule has 1 aliphatic rings. The van der Waals surface area contributed by atoms with Crippen LogP contribution in [0.2, 0.25) is 0 Å². The molecule has 0 spiro atoms. The highest BCUT2D eigenvalue weighted by molar-refractivity contribution is 7.86. The molecule has 1 heterocycles. The molecule has 0 aromatic rings. The molecule has 62 valence electrons. The first-order valence-electron chi connectivity index (χ1n) is 3.32. The molecule has 1 atom stereocenters. The molecule has 0 radical (unpaired) electrons. The van der Waals surface area contributed by atoms with Crippen molar-refractivity contribution in [3.63, 3.8) is 0 Å². The molecule has 1 fully saturated rings. The van der Waals surface area contributed by atoms with Gasteiger partial charge in [-0.1, -0.05) is 5.92 Å². The van der Waals surface area contributed by atoms with Crippen LogP contribution in [0.3, 0.4) is 0 Å². The molecule has 11 heavy (non-hydrogen) atoms. The molecule has 1 aliphatic heterocycles. The fourth-order valence-corrected chi connectivity index (χ4v) is 2.44. The van der Waals surface area contributed by atoms with Crippen LogP contribution in [0.25, 0.3) is 0 Å². The lowest BCUT2D eigenvalue weighted by molar-refractivity contribution is 0.235. The molecule has 1 rings (SSSR count). The molecule has 0 bridgehead atoms. The molecule has 0 amide bonds. The van der Waals surface area contributed by atoms with Crippen molar-refractivity contribution >= 4 is 10.1 Å². The molecule has 1 saturated heterocycles. The van der Waals surface area contributed by atoms with Crippen molar-refractivity contribution in [2.75, 3.05) is 12.4 Å². The summed E-state index contributed by atoms with van der Waals surface area (Å²) < 4.78 is 26.4. The van der Waals surface area contributed by atoms with Crippen LogP contribution in [0.15, 0.2) is 0 Å². The van der Waals surface area contributed by atoms with E-state index in [-0.39, 0.29) is 12.4 Å². The lowest BCUT2D eigenvalue weighted by Crippen LogP contribution is -2.33. The van der Waals surface area contributed by atoms with Crippen LogP contribution >= 0.6 is 0 Å². The minimum Gasteiger partial charge on any atom is -0.270 e. The van der Waals surface area contributed by atoms with Gasteiger partial charge in [-0.15, -0.1) is 6.42 Å². The topological polar surface area (TPSA) is 43.4 Å². The molecule has 4 heteroatoms. The fraction of sp³-hybridized carbons (Fsp3) is 0.714. The van der Waals surface area contributed by atoms with E-state index in [1.807, 2.05) is 0 Å². The first-order chi connectivity index (χ1) is 4.97. The molecule has 3 nitrogen and oxygen atoms in total. The summed E-state index contributed by atoms with van der Waals surface area (Å²) in [5.74, 6) is 2.42. The molecule has 1 unspecified atom stereocenters. The quantitative estimate of drug-likeness (QED) is 0.394. The van der Waals surface area contributed by atoms with Crippen LogP contribution in [-0.2, 0) is 14.3 Å². The Hall–Kier alpha value is -0.530. The molecular formula is C7H10O3S. The van der Waals surface area contributed by atoms with Gasteiger partial charge in [0.15, 0.2) is 0 Å². The Morgan fingerprint density at radius 3 is 2.64 bits per heavy atom. The van der Waals surface area contributed by atoms with Crippen LogP contribution in [0.1, 0.15) is 13.3 Å². The highest BCUT2D eigenvalue weighted by Crippen LogP contribution is 2.27. The second kappa shape index (κ2) is 2.50. The van der Waals surface area contributed by atoms with E-state index < -0.39 is 15.5 Å². The number of hydrogen-bond acceptors (Lipinski definition) is 3. The molecule has 0 aromatic heterocycles. The summed E-state index contributed by atoms with van der Waals surface area (Å²) >= 11 is 0. The second-order valence-corrected chi connectivity index (χ2v) is 4.62. The summed E-state index contributed by atoms with van der Waals surface area (Å²) in [6.45, 7) is 1.97. The SMILES string of the molecule is C#CC1(C)CCOS(=O)(=O)C1. The zero-order valence-corrected chi connectivity index (χ0v) is 7.15. The van der Waals surface area contributed by atoms with Crippen LogP contribution in [0.5, 0.6) is 0 Å². The summed E-state index contributed by atoms with van der Waals surface area (Å²) in [4.78, 5) is 0. The van der Waals surface area contributed by atoms with Gasteiger partial charge in [0.1, 0.15) is 0 Å². The number of hydrogen-bond donors (Lipinski definition) is 0. The summed E-state index contributed by atoms with van der Waals surface area (Å²) in [6.07, 6.45) is 5.80. The van der Waals surface area contributed by atoms with Gasteiger partial charge < -0.3 is 0 Å². The van der Waals surface area contributed by atoms with Gasteiger partial charge in [-0.3, -0.25) is 4.18 Å². The Balaban J connectivity index is 2.86. The van der Waals surface area contributed by atoms with E-state index in [9.17, 15) is 8.42 Å². The van der Waals surface area contributed by atoms with E-state index in [1.54, 1.807) is 6.92 Å². The average Bonchev–Trinajstić information content (AvgIpc) is 1.85. The summed E-state index contributed by atoms with van der Waals surface area (Å²) in [5, 5.41) is 0. The fourth-order valence-electron chi connectivity index (χ4n) is 1.01. The van der Waals surface area contributed by atoms with Crippen LogP contribution in [0, 0.1) is 17.8 Å². The maximum atomic E-state index is 10.9. The van der Waals surface area contributed by atoms with Crippen molar-refractivity contribution in [2.24, 2.45) is 5.41 Å². The van der Waals surface area contributed by atoms with Crippen LogP contribution in [-0.4, -0.2) is 20.8 Å². The maximum Gasteiger partial charge on any atom is 0.268 e. The Bertz CT molecular complexity index is 285. The number of rotatable bonds is 0. The monoisotopic (exact) mass is 174 g/mol. The largest absolute Gasteiger partial charge is 0.270 e. The predicted molar refractivity (Wildman–Crippen MR) is 41.3 cm³/mol. The van der Waals surface area contributed by atoms with Gasteiger partial charge in [-0.2, -0.15) is 8.42 Å². The van der Waals surface area contributed by atoms with E-state index in [0.717, 1.165) is 0 Å². The summed E-state index contributed by atoms with van der Waals surface area (Å²) in [7, 11) is -3.34. The lowest BCUT2D eigenvalue weighted by atomic mass is 9.91. The Kier molecular flexibility index (Phi) is 1.95. The third-order valence-corrected chi connectivity index (χ3v) is 3.28. The third-order valence-electron chi connectivity index (χ3n) is 1.76. The molecule has 0 N–H and O–H groups in total. The third kappa shape index (κ3) is 1.95. The molecule has 0 aromatic carbocycles. The molecule has 0 saturated carbocycles. The molecule has 0 aliphatic carbocycles. The smallest absolute Gasteiger partial charge is 0.268 e. The van der Waals surface area contributed by atoms with Crippen molar-refractivity contribution in [2.45, 2.75) is 13.3 Å². The van der Waals surface area contributed by atoms with Crippen LogP contribution < -0.4 is 0 Å². The van der Waals surface area contributed by atoms with Crippen molar-refractivity contribution in [3.8, 4) is 12.3 Å². The normalized spacial score (nSPS) is 36.0. The first-order valence-corrected chi connectivity index (χ1v) is 4.90. The summed E-state index contributed by atoms with van der Waals surface area (Å²) in [6, 6.07) is 0. The van der Waals surface area contributed by atoms with Gasteiger partial charge in [-0.05, 0) is 13.3 Å². The van der Waals surface area contributed by atoms with Gasteiger partial charge >= 0.3 is 0 Å². The standard InChI is InChI=1S/C7H10O3S/c1-3-7(2)4-5-10-11(8,9)6-7/h1H,4-6H2,2H3. The zero-order valence-electron chi connectivity index (χ0n) is 6.33. The van der Waals surface area contributed by atoms with Crippen molar-refractivity contribution in [1.82, 2.24) is 0 Å². The first kappa shape index (κ1) is 8.57. The minimum absolute atomic E-state index is 0.0590. The Morgan fingerprint density at radius 1 is 1.64 bits per heavy atom. The van der Waals surface area contributed by atoms with Gasteiger partial charge in [0.2, 0.25) is 0 Å². The van der Waals surface area contributed by atoms with E-state index in [0.29, 0.717) is 6.42 Å². The van der Waals surface area contributed by atoms with Crippen LogP contribution in [0.4, 0.5) is 0 Å². The van der Waals surface area contributed by atoms with Crippen molar-refractivity contribution < 1.29 is 12.6 Å². The van der Waals surface area contributed by atoms with E-state index in [2.05, 4.69) is 10.1 Å². The van der Waals surface area contributed by atoms with Gasteiger partial charge in [0.05, 0.1) is 12.4 Å². The maximum absolute atomic E-state index is 10.9. The minimum atomic E-state index is -3.34. The van der Waals surface area contributed by atoms with Gasteiger partial charge in [0.25, 0.3) is 10.1 Å². The van der Waals surface area contributed by atoms with Gasteiger partial charge in [-0.25, -0.2) is 0 Å².